The average molecular weight is 359 g/mol. The Bertz CT molecular complexity index is 845. The van der Waals surface area contributed by atoms with Crippen LogP contribution >= 0.6 is 0 Å². The van der Waals surface area contributed by atoms with E-state index in [0.717, 1.165) is 5.56 Å². The fourth-order valence-electron chi connectivity index (χ4n) is 2.28. The van der Waals surface area contributed by atoms with Gasteiger partial charge in [0.25, 0.3) is 5.91 Å². The summed E-state index contributed by atoms with van der Waals surface area (Å²) < 4.78 is 26.4. The Hall–Kier alpha value is -2.51. The van der Waals surface area contributed by atoms with Gasteiger partial charge in [-0.3, -0.25) is 4.79 Å². The first-order valence-electron chi connectivity index (χ1n) is 7.97. The molecule has 0 fully saturated rings. The lowest BCUT2D eigenvalue weighted by Crippen LogP contribution is -2.30. The van der Waals surface area contributed by atoms with Crippen molar-refractivity contribution >= 4 is 22.1 Å². The number of carbonyl (C=O) groups excluding carboxylic acids is 1. The molecule has 0 radical (unpaired) electrons. The molecule has 0 heterocycles. The van der Waals surface area contributed by atoms with Gasteiger partial charge in [0.05, 0.1) is 11.1 Å². The van der Waals surface area contributed by atoms with E-state index in [4.69, 9.17) is 0 Å². The highest BCUT2D eigenvalue weighted by atomic mass is 32.2. The standard InChI is InChI=1S/C18H21N3O3S/c1-3-21(4-2)25(23,24)17-12-8-11-16(13-17)18(22)20-19-14-15-9-6-5-7-10-15/h5-14H,3-4H2,1-2H3,(H,20,22)/b19-14+. The predicted molar refractivity (Wildman–Crippen MR) is 98.1 cm³/mol. The van der Waals surface area contributed by atoms with Crippen molar-refractivity contribution in [2.24, 2.45) is 5.10 Å². The van der Waals surface area contributed by atoms with E-state index in [1.807, 2.05) is 30.3 Å². The number of rotatable bonds is 7. The van der Waals surface area contributed by atoms with Crippen molar-refractivity contribution in [3.05, 3.63) is 65.7 Å². The number of benzene rings is 2. The minimum absolute atomic E-state index is 0.0934. The summed E-state index contributed by atoms with van der Waals surface area (Å²) >= 11 is 0. The second-order valence-electron chi connectivity index (χ2n) is 5.23. The Morgan fingerprint density at radius 1 is 1.08 bits per heavy atom. The molecule has 7 heteroatoms. The van der Waals surface area contributed by atoms with Crippen LogP contribution < -0.4 is 5.43 Å². The van der Waals surface area contributed by atoms with Gasteiger partial charge < -0.3 is 0 Å². The quantitative estimate of drug-likeness (QED) is 0.609. The van der Waals surface area contributed by atoms with Gasteiger partial charge in [-0.25, -0.2) is 13.8 Å². The Labute approximate surface area is 148 Å². The number of hydrogen-bond donors (Lipinski definition) is 1. The first-order valence-corrected chi connectivity index (χ1v) is 9.41. The zero-order chi connectivity index (χ0) is 18.3. The molecule has 2 aromatic carbocycles. The van der Waals surface area contributed by atoms with Crippen LogP contribution in [0.2, 0.25) is 0 Å². The lowest BCUT2D eigenvalue weighted by molar-refractivity contribution is 0.0955. The Morgan fingerprint density at radius 3 is 2.40 bits per heavy atom. The molecule has 2 rings (SSSR count). The molecular formula is C18H21N3O3S. The van der Waals surface area contributed by atoms with Crippen LogP contribution in [0.25, 0.3) is 0 Å². The maximum Gasteiger partial charge on any atom is 0.271 e. The highest BCUT2D eigenvalue weighted by Crippen LogP contribution is 2.17. The van der Waals surface area contributed by atoms with Gasteiger partial charge in [-0.15, -0.1) is 0 Å². The molecule has 0 aromatic heterocycles. The zero-order valence-corrected chi connectivity index (χ0v) is 15.0. The van der Waals surface area contributed by atoms with Crippen molar-refractivity contribution in [2.75, 3.05) is 13.1 Å². The molecule has 2 aromatic rings. The molecule has 0 atom stereocenters. The minimum atomic E-state index is -3.61. The third-order valence-corrected chi connectivity index (χ3v) is 5.66. The lowest BCUT2D eigenvalue weighted by Gasteiger charge is -2.18. The summed E-state index contributed by atoms with van der Waals surface area (Å²) in [6.07, 6.45) is 1.52. The number of sulfonamides is 1. The highest BCUT2D eigenvalue weighted by Gasteiger charge is 2.22. The number of nitrogens with zero attached hydrogens (tertiary/aromatic N) is 2. The van der Waals surface area contributed by atoms with Gasteiger partial charge in [0.15, 0.2) is 0 Å². The monoisotopic (exact) mass is 359 g/mol. The summed E-state index contributed by atoms with van der Waals surface area (Å²) in [6, 6.07) is 15.3. The van der Waals surface area contributed by atoms with Crippen LogP contribution in [0.3, 0.4) is 0 Å². The van der Waals surface area contributed by atoms with Crippen molar-refractivity contribution in [2.45, 2.75) is 18.7 Å². The Balaban J connectivity index is 2.15. The van der Waals surface area contributed by atoms with Gasteiger partial charge in [0.1, 0.15) is 0 Å². The maximum atomic E-state index is 12.5. The minimum Gasteiger partial charge on any atom is -0.267 e. The van der Waals surface area contributed by atoms with Crippen LogP contribution in [0.1, 0.15) is 29.8 Å². The van der Waals surface area contributed by atoms with Crippen LogP contribution in [0.4, 0.5) is 0 Å². The summed E-state index contributed by atoms with van der Waals surface area (Å²) in [7, 11) is -3.61. The number of hydrazone groups is 1. The second kappa shape index (κ2) is 8.55. The maximum absolute atomic E-state index is 12.5. The first kappa shape index (κ1) is 18.8. The predicted octanol–water partition coefficient (Wildman–Crippen LogP) is 2.48. The number of amides is 1. The van der Waals surface area contributed by atoms with Crippen LogP contribution in [-0.4, -0.2) is 37.9 Å². The molecule has 0 spiro atoms. The van der Waals surface area contributed by atoms with Crippen molar-refractivity contribution in [3.8, 4) is 0 Å². The summed E-state index contributed by atoms with van der Waals surface area (Å²) in [4.78, 5) is 12.3. The molecule has 0 saturated carbocycles. The molecule has 0 saturated heterocycles. The average Bonchev–Trinajstić information content (AvgIpc) is 2.63. The summed E-state index contributed by atoms with van der Waals surface area (Å²) in [5.74, 6) is -0.469. The largest absolute Gasteiger partial charge is 0.271 e. The SMILES string of the molecule is CCN(CC)S(=O)(=O)c1cccc(C(=O)N/N=C/c2ccccc2)c1. The van der Waals surface area contributed by atoms with E-state index >= 15 is 0 Å². The molecule has 0 unspecified atom stereocenters. The van der Waals surface area contributed by atoms with E-state index in [0.29, 0.717) is 13.1 Å². The molecule has 25 heavy (non-hydrogen) atoms. The van der Waals surface area contributed by atoms with Gasteiger partial charge in [-0.2, -0.15) is 9.41 Å². The highest BCUT2D eigenvalue weighted by molar-refractivity contribution is 7.89. The van der Waals surface area contributed by atoms with Gasteiger partial charge in [-0.05, 0) is 23.8 Å². The fourth-order valence-corrected chi connectivity index (χ4v) is 3.78. The topological polar surface area (TPSA) is 78.8 Å². The summed E-state index contributed by atoms with van der Waals surface area (Å²) in [5, 5.41) is 3.89. The second-order valence-corrected chi connectivity index (χ2v) is 7.16. The van der Waals surface area contributed by atoms with E-state index in [2.05, 4.69) is 10.5 Å². The van der Waals surface area contributed by atoms with Crippen LogP contribution in [-0.2, 0) is 10.0 Å². The van der Waals surface area contributed by atoms with Gasteiger partial charge >= 0.3 is 0 Å². The summed E-state index contributed by atoms with van der Waals surface area (Å²) in [6.45, 7) is 4.29. The number of carbonyl (C=O) groups is 1. The fraction of sp³-hybridized carbons (Fsp3) is 0.222. The molecule has 1 N–H and O–H groups in total. The van der Waals surface area contributed by atoms with Crippen molar-refractivity contribution < 1.29 is 13.2 Å². The van der Waals surface area contributed by atoms with Gasteiger partial charge in [-0.1, -0.05) is 50.2 Å². The number of hydrogen-bond acceptors (Lipinski definition) is 4. The van der Waals surface area contributed by atoms with Crippen LogP contribution in [0.5, 0.6) is 0 Å². The molecule has 0 bridgehead atoms. The molecule has 0 aliphatic carbocycles. The smallest absolute Gasteiger partial charge is 0.267 e. The lowest BCUT2D eigenvalue weighted by atomic mass is 10.2. The molecule has 6 nitrogen and oxygen atoms in total. The first-order chi connectivity index (χ1) is 12.0. The van der Waals surface area contributed by atoms with Crippen LogP contribution in [0, 0.1) is 0 Å². The molecule has 0 aliphatic heterocycles. The van der Waals surface area contributed by atoms with Crippen molar-refractivity contribution in [1.82, 2.24) is 9.73 Å². The van der Waals surface area contributed by atoms with Gasteiger partial charge in [0.2, 0.25) is 10.0 Å². The van der Waals surface area contributed by atoms with Crippen molar-refractivity contribution in [3.63, 3.8) is 0 Å². The normalized spacial score (nSPS) is 11.8. The Kier molecular flexibility index (Phi) is 6.44. The molecule has 132 valence electrons. The van der Waals surface area contributed by atoms with Gasteiger partial charge in [0, 0.05) is 18.7 Å². The Morgan fingerprint density at radius 2 is 1.76 bits per heavy atom. The third-order valence-electron chi connectivity index (χ3n) is 3.62. The summed E-state index contributed by atoms with van der Waals surface area (Å²) in [5.41, 5.74) is 3.49. The van der Waals surface area contributed by atoms with E-state index in [9.17, 15) is 13.2 Å². The van der Waals surface area contributed by atoms with E-state index < -0.39 is 15.9 Å². The van der Waals surface area contributed by atoms with Crippen LogP contribution in [0.15, 0.2) is 64.6 Å². The zero-order valence-electron chi connectivity index (χ0n) is 14.2. The van der Waals surface area contributed by atoms with E-state index in [-0.39, 0.29) is 10.5 Å². The molecule has 0 aliphatic rings. The third kappa shape index (κ3) is 4.74. The van der Waals surface area contributed by atoms with E-state index in [1.54, 1.807) is 26.0 Å². The molecular weight excluding hydrogens is 338 g/mol. The van der Waals surface area contributed by atoms with E-state index in [1.165, 1.54) is 22.7 Å². The number of nitrogens with one attached hydrogen (secondary N) is 1. The molecule has 1 amide bonds. The van der Waals surface area contributed by atoms with Crippen molar-refractivity contribution in [1.29, 1.82) is 0 Å².